The summed E-state index contributed by atoms with van der Waals surface area (Å²) >= 11 is 2.24. The van der Waals surface area contributed by atoms with E-state index >= 15 is 0 Å². The van der Waals surface area contributed by atoms with Crippen molar-refractivity contribution < 1.29 is 4.79 Å². The number of rotatable bonds is 5. The summed E-state index contributed by atoms with van der Waals surface area (Å²) in [7, 11) is 0. The lowest BCUT2D eigenvalue weighted by Gasteiger charge is -2.09. The van der Waals surface area contributed by atoms with Crippen LogP contribution in [0.5, 0.6) is 0 Å². The number of nitrogens with two attached hydrogens (primary N) is 1. The summed E-state index contributed by atoms with van der Waals surface area (Å²) in [4.78, 5) is 11.7. The van der Waals surface area contributed by atoms with E-state index in [4.69, 9.17) is 5.73 Å². The molecule has 4 heteroatoms. The van der Waals surface area contributed by atoms with E-state index in [0.717, 1.165) is 27.7 Å². The Kier molecular flexibility index (Phi) is 5.91. The van der Waals surface area contributed by atoms with Gasteiger partial charge in [-0.25, -0.2) is 0 Å². The molecule has 94 valence electrons. The van der Waals surface area contributed by atoms with Crippen molar-refractivity contribution >= 4 is 34.2 Å². The average molecular weight is 346 g/mol. The number of halogens is 1. The minimum Gasteiger partial charge on any atom is -0.328 e. The van der Waals surface area contributed by atoms with Crippen LogP contribution < -0.4 is 11.1 Å². The molecule has 1 atom stereocenters. The lowest BCUT2D eigenvalue weighted by Crippen LogP contribution is -2.17. The molecule has 17 heavy (non-hydrogen) atoms. The van der Waals surface area contributed by atoms with Crippen molar-refractivity contribution in [3.8, 4) is 0 Å². The molecule has 3 N–H and O–H groups in total. The van der Waals surface area contributed by atoms with E-state index < -0.39 is 0 Å². The molecule has 0 bridgehead atoms. The van der Waals surface area contributed by atoms with Crippen molar-refractivity contribution in [2.45, 2.75) is 39.2 Å². The number of nitrogens with one attached hydrogen (secondary N) is 1. The predicted molar refractivity (Wildman–Crippen MR) is 80.0 cm³/mol. The summed E-state index contributed by atoms with van der Waals surface area (Å²) in [5.41, 5.74) is 7.64. The summed E-state index contributed by atoms with van der Waals surface area (Å²) < 4.78 is 1.12. The molecule has 0 fully saturated rings. The maximum Gasteiger partial charge on any atom is 0.224 e. The van der Waals surface area contributed by atoms with Crippen LogP contribution in [-0.4, -0.2) is 11.9 Å². The molecule has 1 aromatic carbocycles. The third-order valence-electron chi connectivity index (χ3n) is 2.54. The van der Waals surface area contributed by atoms with Gasteiger partial charge in [-0.15, -0.1) is 0 Å². The molecule has 0 heterocycles. The first kappa shape index (κ1) is 14.4. The average Bonchev–Trinajstić information content (AvgIpc) is 2.23. The zero-order chi connectivity index (χ0) is 12.8. The second-order valence-electron chi connectivity index (χ2n) is 4.38. The van der Waals surface area contributed by atoms with Gasteiger partial charge in [0.25, 0.3) is 0 Å². The van der Waals surface area contributed by atoms with Crippen molar-refractivity contribution in [2.75, 3.05) is 5.32 Å². The Morgan fingerprint density at radius 2 is 2.24 bits per heavy atom. The maximum absolute atomic E-state index is 11.7. The van der Waals surface area contributed by atoms with Crippen molar-refractivity contribution in [3.05, 3.63) is 27.3 Å². The Morgan fingerprint density at radius 3 is 2.88 bits per heavy atom. The van der Waals surface area contributed by atoms with Gasteiger partial charge in [0.05, 0.1) is 0 Å². The van der Waals surface area contributed by atoms with Gasteiger partial charge >= 0.3 is 0 Å². The Labute approximate surface area is 116 Å². The number of anilines is 1. The summed E-state index contributed by atoms with van der Waals surface area (Å²) in [5, 5.41) is 2.94. The molecule has 1 amide bonds. The van der Waals surface area contributed by atoms with Crippen molar-refractivity contribution in [1.82, 2.24) is 0 Å². The molecule has 0 spiro atoms. The zero-order valence-electron chi connectivity index (χ0n) is 10.3. The highest BCUT2D eigenvalue weighted by atomic mass is 127. The molecule has 3 nitrogen and oxygen atoms in total. The largest absolute Gasteiger partial charge is 0.328 e. The fourth-order valence-corrected chi connectivity index (χ4v) is 2.02. The molecule has 0 radical (unpaired) electrons. The second kappa shape index (κ2) is 6.96. The van der Waals surface area contributed by atoms with Gasteiger partial charge in [-0.2, -0.15) is 0 Å². The number of benzene rings is 1. The molecule has 0 aliphatic heterocycles. The smallest absolute Gasteiger partial charge is 0.224 e. The Bertz CT molecular complexity index is 391. The van der Waals surface area contributed by atoms with E-state index in [2.05, 4.69) is 27.9 Å². The van der Waals surface area contributed by atoms with Crippen molar-refractivity contribution in [3.63, 3.8) is 0 Å². The first-order chi connectivity index (χ1) is 7.99. The normalized spacial score (nSPS) is 12.2. The lowest BCUT2D eigenvalue weighted by atomic mass is 10.1. The summed E-state index contributed by atoms with van der Waals surface area (Å²) in [6.07, 6.45) is 2.26. The van der Waals surface area contributed by atoms with Crippen LogP contribution in [0.1, 0.15) is 31.7 Å². The van der Waals surface area contributed by atoms with E-state index in [0.29, 0.717) is 6.42 Å². The van der Waals surface area contributed by atoms with Crippen LogP contribution in [0, 0.1) is 10.5 Å². The number of hydrogen-bond acceptors (Lipinski definition) is 2. The maximum atomic E-state index is 11.7. The molecule has 0 aromatic heterocycles. The highest BCUT2D eigenvalue weighted by Crippen LogP contribution is 2.18. The van der Waals surface area contributed by atoms with Gasteiger partial charge in [-0.1, -0.05) is 6.07 Å². The van der Waals surface area contributed by atoms with E-state index in [1.165, 1.54) is 0 Å². The topological polar surface area (TPSA) is 55.1 Å². The molecule has 0 saturated carbocycles. The van der Waals surface area contributed by atoms with Crippen LogP contribution >= 0.6 is 22.6 Å². The molecular formula is C13H19IN2O. The van der Waals surface area contributed by atoms with Gasteiger partial charge in [0, 0.05) is 21.7 Å². The van der Waals surface area contributed by atoms with Gasteiger partial charge in [0.1, 0.15) is 0 Å². The summed E-state index contributed by atoms with van der Waals surface area (Å²) in [6.45, 7) is 3.95. The molecule has 0 saturated heterocycles. The van der Waals surface area contributed by atoms with E-state index in [1.807, 2.05) is 32.0 Å². The third-order valence-corrected chi connectivity index (χ3v) is 3.21. The van der Waals surface area contributed by atoms with Crippen LogP contribution in [-0.2, 0) is 4.79 Å². The van der Waals surface area contributed by atoms with Gasteiger partial charge in [-0.05, 0) is 67.0 Å². The van der Waals surface area contributed by atoms with Crippen LogP contribution in [0.4, 0.5) is 5.69 Å². The second-order valence-corrected chi connectivity index (χ2v) is 5.62. The van der Waals surface area contributed by atoms with Crippen molar-refractivity contribution in [1.29, 1.82) is 0 Å². The van der Waals surface area contributed by atoms with Gasteiger partial charge in [0.2, 0.25) is 5.91 Å². The monoisotopic (exact) mass is 346 g/mol. The quantitative estimate of drug-likeness (QED) is 0.806. The molecular weight excluding hydrogens is 327 g/mol. The SMILES string of the molecule is Cc1ccc(I)cc1NC(=O)CCCC(C)N. The van der Waals surface area contributed by atoms with Crippen LogP contribution in [0.25, 0.3) is 0 Å². The van der Waals surface area contributed by atoms with Crippen LogP contribution in [0.2, 0.25) is 0 Å². The first-order valence-corrected chi connectivity index (χ1v) is 6.88. The molecule has 0 aliphatic rings. The Hall–Kier alpha value is -0.620. The fourth-order valence-electron chi connectivity index (χ4n) is 1.53. The Balaban J connectivity index is 2.47. The lowest BCUT2D eigenvalue weighted by molar-refractivity contribution is -0.116. The first-order valence-electron chi connectivity index (χ1n) is 5.80. The number of aryl methyl sites for hydroxylation is 1. The Morgan fingerprint density at radius 1 is 1.53 bits per heavy atom. The molecule has 0 aliphatic carbocycles. The van der Waals surface area contributed by atoms with E-state index in [9.17, 15) is 4.79 Å². The highest BCUT2D eigenvalue weighted by molar-refractivity contribution is 14.1. The summed E-state index contributed by atoms with van der Waals surface area (Å²) in [6, 6.07) is 6.20. The number of carbonyl (C=O) groups excluding carboxylic acids is 1. The number of carbonyl (C=O) groups is 1. The van der Waals surface area contributed by atoms with Crippen LogP contribution in [0.3, 0.4) is 0 Å². The highest BCUT2D eigenvalue weighted by Gasteiger charge is 2.05. The third kappa shape index (κ3) is 5.50. The van der Waals surface area contributed by atoms with E-state index in [-0.39, 0.29) is 11.9 Å². The van der Waals surface area contributed by atoms with Gasteiger partial charge in [-0.3, -0.25) is 4.79 Å². The van der Waals surface area contributed by atoms with Gasteiger partial charge in [0.15, 0.2) is 0 Å². The summed E-state index contributed by atoms with van der Waals surface area (Å²) in [5.74, 6) is 0.0655. The van der Waals surface area contributed by atoms with Gasteiger partial charge < -0.3 is 11.1 Å². The number of amides is 1. The standard InChI is InChI=1S/C13H19IN2O/c1-9-6-7-11(14)8-12(9)16-13(17)5-3-4-10(2)15/h6-8,10H,3-5,15H2,1-2H3,(H,16,17). The van der Waals surface area contributed by atoms with Crippen LogP contribution in [0.15, 0.2) is 18.2 Å². The predicted octanol–water partition coefficient (Wildman–Crippen LogP) is 3.06. The number of hydrogen-bond donors (Lipinski definition) is 2. The fraction of sp³-hybridized carbons (Fsp3) is 0.462. The minimum atomic E-state index is 0.0655. The van der Waals surface area contributed by atoms with Crippen molar-refractivity contribution in [2.24, 2.45) is 5.73 Å². The van der Waals surface area contributed by atoms with E-state index in [1.54, 1.807) is 0 Å². The molecule has 1 rings (SSSR count). The minimum absolute atomic E-state index is 0.0655. The molecule has 1 aromatic rings. The molecule has 1 unspecified atom stereocenters. The zero-order valence-corrected chi connectivity index (χ0v) is 12.5.